The topological polar surface area (TPSA) is 80.4 Å². The lowest BCUT2D eigenvalue weighted by Crippen LogP contribution is -2.22. The molecule has 0 aliphatic heterocycles. The lowest BCUT2D eigenvalue weighted by molar-refractivity contribution is 0.475. The first kappa shape index (κ1) is 10.1. The van der Waals surface area contributed by atoms with E-state index in [9.17, 15) is 8.42 Å². The fourth-order valence-corrected chi connectivity index (χ4v) is 1.36. The summed E-state index contributed by atoms with van der Waals surface area (Å²) >= 11 is 4.61. The van der Waals surface area contributed by atoms with Gasteiger partial charge in [0.05, 0.1) is 0 Å². The Labute approximate surface area is 81.1 Å². The maximum atomic E-state index is 10.8. The number of thiocarbonyl (C=S) groups is 1. The molecule has 0 fully saturated rings. The van der Waals surface area contributed by atoms with E-state index in [1.54, 1.807) is 0 Å². The zero-order chi connectivity index (χ0) is 10.1. The monoisotopic (exact) mass is 217 g/mol. The van der Waals surface area contributed by atoms with Gasteiger partial charge in [0.1, 0.15) is 5.75 Å². The van der Waals surface area contributed by atoms with Crippen molar-refractivity contribution >= 4 is 26.4 Å². The van der Waals surface area contributed by atoms with Crippen LogP contribution in [0.4, 0.5) is 0 Å². The third-order valence-corrected chi connectivity index (χ3v) is 3.05. The van der Waals surface area contributed by atoms with E-state index < -0.39 is 10.0 Å². The summed E-state index contributed by atoms with van der Waals surface area (Å²) in [5, 5.41) is 13.7. The van der Waals surface area contributed by atoms with Gasteiger partial charge in [0.25, 0.3) is 0 Å². The summed E-state index contributed by atoms with van der Waals surface area (Å²) in [5.41, 5.74) is 0.301. The molecular formula is C7H7NO3S2. The Morgan fingerprint density at radius 2 is 1.77 bits per heavy atom. The molecule has 6 heteroatoms. The molecule has 0 saturated heterocycles. The van der Waals surface area contributed by atoms with Crippen LogP contribution in [0, 0.1) is 0 Å². The fourth-order valence-electron chi connectivity index (χ4n) is 0.762. The molecule has 3 N–H and O–H groups in total. The minimum Gasteiger partial charge on any atom is -0.508 e. The number of phenolic OH excluding ortho intramolecular Hbond substituents is 1. The lowest BCUT2D eigenvalue weighted by Gasteiger charge is -2.00. The maximum Gasteiger partial charge on any atom is 0.248 e. The summed E-state index contributed by atoms with van der Waals surface area (Å²) in [4.78, 5) is 0. The number of hydrogen-bond donors (Lipinski definition) is 2. The average molecular weight is 217 g/mol. The molecule has 13 heavy (non-hydrogen) atoms. The van der Waals surface area contributed by atoms with E-state index in [0.717, 1.165) is 0 Å². The van der Waals surface area contributed by atoms with Gasteiger partial charge in [0.2, 0.25) is 10.0 Å². The predicted molar refractivity (Wildman–Crippen MR) is 52.9 cm³/mol. The lowest BCUT2D eigenvalue weighted by atomic mass is 10.2. The first-order valence-electron chi connectivity index (χ1n) is 3.27. The number of phenols is 1. The van der Waals surface area contributed by atoms with Crippen molar-refractivity contribution in [1.82, 2.24) is 0 Å². The predicted octanol–water partition coefficient (Wildman–Crippen LogP) is 0.356. The molecule has 0 atom stereocenters. The highest BCUT2D eigenvalue weighted by atomic mass is 32.2. The Balaban J connectivity index is 3.12. The summed E-state index contributed by atoms with van der Waals surface area (Å²) < 4.78 is 21.3. The standard InChI is InChI=1S/C7H7NO3S2/c8-13(10,11)7(12)5-1-3-6(9)4-2-5/h1-4,9H,(H2,8,10,11). The molecule has 1 aromatic rings. The Hall–Kier alpha value is -0.980. The van der Waals surface area contributed by atoms with E-state index in [2.05, 4.69) is 12.2 Å². The Bertz CT molecular complexity index is 422. The van der Waals surface area contributed by atoms with Crippen LogP contribution in [0.1, 0.15) is 5.56 Å². The number of nitrogens with two attached hydrogens (primary N) is 1. The number of rotatable bonds is 1. The van der Waals surface area contributed by atoms with Crippen LogP contribution in [0.15, 0.2) is 24.3 Å². The van der Waals surface area contributed by atoms with E-state index in [1.165, 1.54) is 24.3 Å². The van der Waals surface area contributed by atoms with Crippen molar-refractivity contribution in [3.8, 4) is 5.75 Å². The van der Waals surface area contributed by atoms with Crippen molar-refractivity contribution in [2.75, 3.05) is 0 Å². The summed E-state index contributed by atoms with van der Waals surface area (Å²) in [6, 6.07) is 5.46. The minimum atomic E-state index is -3.82. The van der Waals surface area contributed by atoms with Crippen LogP contribution < -0.4 is 5.14 Å². The first-order chi connectivity index (χ1) is 5.91. The van der Waals surface area contributed by atoms with E-state index in [1.807, 2.05) is 0 Å². The number of hydrogen-bond acceptors (Lipinski definition) is 4. The van der Waals surface area contributed by atoms with Gasteiger partial charge in [-0.05, 0) is 24.3 Å². The Morgan fingerprint density at radius 3 is 2.15 bits per heavy atom. The van der Waals surface area contributed by atoms with Crippen LogP contribution >= 0.6 is 12.2 Å². The molecule has 4 nitrogen and oxygen atoms in total. The van der Waals surface area contributed by atoms with Gasteiger partial charge >= 0.3 is 0 Å². The number of benzene rings is 1. The van der Waals surface area contributed by atoms with Crippen LogP contribution in [0.2, 0.25) is 0 Å². The summed E-state index contributed by atoms with van der Waals surface area (Å²) in [6.07, 6.45) is 0. The van der Waals surface area contributed by atoms with Gasteiger partial charge in [0.15, 0.2) is 4.20 Å². The molecule has 0 aliphatic rings. The van der Waals surface area contributed by atoms with Crippen molar-refractivity contribution in [1.29, 1.82) is 0 Å². The van der Waals surface area contributed by atoms with Crippen LogP contribution in [0.5, 0.6) is 5.75 Å². The van der Waals surface area contributed by atoms with Gasteiger partial charge in [-0.3, -0.25) is 0 Å². The Kier molecular flexibility index (Phi) is 2.65. The molecule has 0 bridgehead atoms. The molecule has 0 aliphatic carbocycles. The van der Waals surface area contributed by atoms with E-state index in [-0.39, 0.29) is 9.95 Å². The van der Waals surface area contributed by atoms with Crippen molar-refractivity contribution in [2.24, 2.45) is 5.14 Å². The summed E-state index contributed by atoms with van der Waals surface area (Å²) in [5.74, 6) is 0.0426. The number of aromatic hydroxyl groups is 1. The van der Waals surface area contributed by atoms with Gasteiger partial charge in [-0.2, -0.15) is 0 Å². The molecular weight excluding hydrogens is 210 g/mol. The highest BCUT2D eigenvalue weighted by molar-refractivity contribution is 8.16. The molecule has 0 aromatic heterocycles. The van der Waals surface area contributed by atoms with Gasteiger partial charge in [-0.25, -0.2) is 13.6 Å². The second-order valence-electron chi connectivity index (χ2n) is 2.38. The quantitative estimate of drug-likeness (QED) is 0.665. The van der Waals surface area contributed by atoms with Crippen molar-refractivity contribution in [3.05, 3.63) is 29.8 Å². The van der Waals surface area contributed by atoms with E-state index in [0.29, 0.717) is 5.56 Å². The largest absolute Gasteiger partial charge is 0.508 e. The van der Waals surface area contributed by atoms with Gasteiger partial charge in [-0.1, -0.05) is 12.2 Å². The molecule has 0 spiro atoms. The first-order valence-corrected chi connectivity index (χ1v) is 5.23. The summed E-state index contributed by atoms with van der Waals surface area (Å²) in [6.45, 7) is 0. The Morgan fingerprint density at radius 1 is 1.31 bits per heavy atom. The number of sulfonamides is 1. The molecule has 0 heterocycles. The SMILES string of the molecule is NS(=O)(=O)C(=S)c1ccc(O)cc1. The molecule has 1 aromatic carbocycles. The molecule has 0 saturated carbocycles. The maximum absolute atomic E-state index is 10.8. The highest BCUT2D eigenvalue weighted by Gasteiger charge is 2.13. The number of primary sulfonamides is 1. The van der Waals surface area contributed by atoms with Crippen LogP contribution in [-0.4, -0.2) is 17.7 Å². The van der Waals surface area contributed by atoms with Crippen LogP contribution in [0.3, 0.4) is 0 Å². The molecule has 0 radical (unpaired) electrons. The van der Waals surface area contributed by atoms with E-state index >= 15 is 0 Å². The van der Waals surface area contributed by atoms with Gasteiger partial charge < -0.3 is 5.11 Å². The third kappa shape index (κ3) is 2.48. The van der Waals surface area contributed by atoms with Crippen LogP contribution in [-0.2, 0) is 10.0 Å². The molecule has 0 amide bonds. The van der Waals surface area contributed by atoms with Crippen molar-refractivity contribution < 1.29 is 13.5 Å². The normalized spacial score (nSPS) is 11.2. The van der Waals surface area contributed by atoms with Gasteiger partial charge in [-0.15, -0.1) is 0 Å². The molecule has 1 rings (SSSR count). The third-order valence-electron chi connectivity index (χ3n) is 1.36. The smallest absolute Gasteiger partial charge is 0.248 e. The van der Waals surface area contributed by atoms with Crippen LogP contribution in [0.25, 0.3) is 0 Å². The van der Waals surface area contributed by atoms with Gasteiger partial charge in [0, 0.05) is 5.56 Å². The van der Waals surface area contributed by atoms with E-state index in [4.69, 9.17) is 10.2 Å². The summed E-state index contributed by atoms with van der Waals surface area (Å²) in [7, 11) is -3.82. The molecule has 70 valence electrons. The second kappa shape index (κ2) is 3.41. The molecule has 0 unspecified atom stereocenters. The second-order valence-corrected chi connectivity index (χ2v) is 4.54. The minimum absolute atomic E-state index is 0.0426. The zero-order valence-electron chi connectivity index (χ0n) is 6.47. The van der Waals surface area contributed by atoms with Crippen molar-refractivity contribution in [3.63, 3.8) is 0 Å². The fraction of sp³-hybridized carbons (Fsp3) is 0. The van der Waals surface area contributed by atoms with Crippen molar-refractivity contribution in [2.45, 2.75) is 0 Å². The highest BCUT2D eigenvalue weighted by Crippen LogP contribution is 2.11. The zero-order valence-corrected chi connectivity index (χ0v) is 8.10. The average Bonchev–Trinajstić information content (AvgIpc) is 2.03.